The number of hydrogen-bond acceptors (Lipinski definition) is 6. The predicted octanol–water partition coefficient (Wildman–Crippen LogP) is 3.75. The molecule has 1 saturated heterocycles. The molecule has 3 aromatic rings. The highest BCUT2D eigenvalue weighted by Crippen LogP contribution is 2.32. The number of halogens is 1. The second-order valence-corrected chi connectivity index (χ2v) is 9.92. The summed E-state index contributed by atoms with van der Waals surface area (Å²) in [6, 6.07) is 6.86. The summed E-state index contributed by atoms with van der Waals surface area (Å²) in [5, 5.41) is 4.57. The van der Waals surface area contributed by atoms with Gasteiger partial charge in [-0.05, 0) is 69.7 Å². The summed E-state index contributed by atoms with van der Waals surface area (Å²) in [4.78, 5) is 6.53. The SMILES string of the molecule is COc1ccc(S(=O)(=O)n2cc(C)c3cc(Cl)ncc32)cc1NC1CCN(C)CC1. The molecule has 1 aliphatic rings. The Balaban J connectivity index is 1.73. The molecule has 0 aliphatic carbocycles. The predicted molar refractivity (Wildman–Crippen MR) is 119 cm³/mol. The first-order chi connectivity index (χ1) is 14.3. The Morgan fingerprint density at radius 2 is 1.97 bits per heavy atom. The minimum atomic E-state index is -3.82. The summed E-state index contributed by atoms with van der Waals surface area (Å²) in [5.74, 6) is 0.620. The van der Waals surface area contributed by atoms with Crippen molar-refractivity contribution < 1.29 is 13.2 Å². The van der Waals surface area contributed by atoms with Crippen molar-refractivity contribution in [3.05, 3.63) is 47.4 Å². The lowest BCUT2D eigenvalue weighted by Crippen LogP contribution is -2.36. The molecule has 0 spiro atoms. The number of benzene rings is 1. The normalized spacial score (nSPS) is 16.1. The van der Waals surface area contributed by atoms with Gasteiger partial charge >= 0.3 is 0 Å². The lowest BCUT2D eigenvalue weighted by Gasteiger charge is -2.30. The molecule has 0 atom stereocenters. The van der Waals surface area contributed by atoms with Gasteiger partial charge in [-0.25, -0.2) is 17.4 Å². The number of nitrogens with one attached hydrogen (secondary N) is 1. The van der Waals surface area contributed by atoms with Crippen LogP contribution in [0.1, 0.15) is 18.4 Å². The van der Waals surface area contributed by atoms with Gasteiger partial charge in [0.25, 0.3) is 10.0 Å². The van der Waals surface area contributed by atoms with E-state index in [-0.39, 0.29) is 10.9 Å². The number of anilines is 1. The van der Waals surface area contributed by atoms with Crippen molar-refractivity contribution in [3.8, 4) is 5.75 Å². The molecule has 9 heteroatoms. The van der Waals surface area contributed by atoms with Gasteiger partial charge in [-0.15, -0.1) is 0 Å². The smallest absolute Gasteiger partial charge is 0.268 e. The molecule has 0 bridgehead atoms. The number of piperidine rings is 1. The first-order valence-corrected chi connectivity index (χ1v) is 11.6. The monoisotopic (exact) mass is 448 g/mol. The third kappa shape index (κ3) is 3.87. The molecule has 0 unspecified atom stereocenters. The minimum Gasteiger partial charge on any atom is -0.495 e. The topological polar surface area (TPSA) is 76.5 Å². The van der Waals surface area contributed by atoms with Crippen molar-refractivity contribution in [1.29, 1.82) is 0 Å². The van der Waals surface area contributed by atoms with Gasteiger partial charge in [0.2, 0.25) is 0 Å². The van der Waals surface area contributed by atoms with Crippen LogP contribution in [0, 0.1) is 6.92 Å². The molecular formula is C21H25ClN4O3S. The molecule has 3 heterocycles. The van der Waals surface area contributed by atoms with Gasteiger partial charge in [-0.3, -0.25) is 0 Å². The zero-order valence-corrected chi connectivity index (χ0v) is 18.8. The molecule has 30 heavy (non-hydrogen) atoms. The third-order valence-electron chi connectivity index (χ3n) is 5.63. The van der Waals surface area contributed by atoms with Crippen LogP contribution < -0.4 is 10.1 Å². The molecule has 160 valence electrons. The van der Waals surface area contributed by atoms with Gasteiger partial charge in [-0.2, -0.15) is 0 Å². The third-order valence-corrected chi connectivity index (χ3v) is 7.51. The number of likely N-dealkylation sites (tertiary alicyclic amines) is 1. The number of hydrogen-bond donors (Lipinski definition) is 1. The maximum absolute atomic E-state index is 13.5. The quantitative estimate of drug-likeness (QED) is 0.599. The number of aryl methyl sites for hydroxylation is 1. The van der Waals surface area contributed by atoms with Crippen molar-refractivity contribution in [1.82, 2.24) is 13.9 Å². The van der Waals surface area contributed by atoms with E-state index in [1.165, 1.54) is 10.2 Å². The lowest BCUT2D eigenvalue weighted by molar-refractivity contribution is 0.263. The molecule has 1 aliphatic heterocycles. The number of nitrogens with zero attached hydrogens (tertiary/aromatic N) is 3. The highest BCUT2D eigenvalue weighted by Gasteiger charge is 2.24. The summed E-state index contributed by atoms with van der Waals surface area (Å²) in [6.45, 7) is 3.86. The van der Waals surface area contributed by atoms with Crippen LogP contribution in [0.25, 0.3) is 10.9 Å². The molecule has 0 saturated carbocycles. The maximum Gasteiger partial charge on any atom is 0.268 e. The van der Waals surface area contributed by atoms with Gasteiger partial charge in [0.15, 0.2) is 0 Å². The molecule has 0 radical (unpaired) electrons. The van der Waals surface area contributed by atoms with Crippen molar-refractivity contribution in [3.63, 3.8) is 0 Å². The van der Waals surface area contributed by atoms with Crippen molar-refractivity contribution in [2.45, 2.75) is 30.7 Å². The molecule has 0 amide bonds. The first kappa shape index (κ1) is 21.0. The molecular weight excluding hydrogens is 424 g/mol. The van der Waals surface area contributed by atoms with Crippen molar-refractivity contribution in [2.75, 3.05) is 32.6 Å². The Hall–Kier alpha value is -2.29. The standard InChI is InChI=1S/C21H25ClN4O3S/c1-14-13-26(19-12-23-21(22)11-17(14)19)30(27,28)16-4-5-20(29-3)18(10-16)24-15-6-8-25(2)9-7-15/h4-5,10-13,15,24H,6-9H2,1-3H3. The first-order valence-electron chi connectivity index (χ1n) is 9.81. The molecule has 4 rings (SSSR count). The number of aromatic nitrogens is 2. The van der Waals surface area contributed by atoms with Crippen LogP contribution in [0.5, 0.6) is 5.75 Å². The Labute approximate surface area is 181 Å². The second-order valence-electron chi connectivity index (χ2n) is 7.72. The Morgan fingerprint density at radius 1 is 1.23 bits per heavy atom. The lowest BCUT2D eigenvalue weighted by atomic mass is 10.1. The zero-order chi connectivity index (χ0) is 21.5. The van der Waals surface area contributed by atoms with Crippen LogP contribution in [0.3, 0.4) is 0 Å². The zero-order valence-electron chi connectivity index (χ0n) is 17.2. The fourth-order valence-corrected chi connectivity index (χ4v) is 5.47. The second kappa shape index (κ2) is 8.09. The summed E-state index contributed by atoms with van der Waals surface area (Å²) >= 11 is 5.99. The summed E-state index contributed by atoms with van der Waals surface area (Å²) in [7, 11) is -0.133. The van der Waals surface area contributed by atoms with E-state index in [2.05, 4.69) is 22.2 Å². The summed E-state index contributed by atoms with van der Waals surface area (Å²) < 4.78 is 33.7. The fourth-order valence-electron chi connectivity index (χ4n) is 3.87. The number of rotatable bonds is 5. The van der Waals surface area contributed by atoms with E-state index in [1.807, 2.05) is 6.92 Å². The van der Waals surface area contributed by atoms with Gasteiger partial charge < -0.3 is 15.0 Å². The van der Waals surface area contributed by atoms with E-state index in [9.17, 15) is 8.42 Å². The molecule has 1 fully saturated rings. The highest BCUT2D eigenvalue weighted by atomic mass is 35.5. The van der Waals surface area contributed by atoms with Crippen molar-refractivity contribution in [2.24, 2.45) is 0 Å². The van der Waals surface area contributed by atoms with Crippen LogP contribution in [0.15, 0.2) is 41.6 Å². The highest BCUT2D eigenvalue weighted by molar-refractivity contribution is 7.90. The van der Waals surface area contributed by atoms with E-state index in [0.29, 0.717) is 22.1 Å². The van der Waals surface area contributed by atoms with Crippen LogP contribution in [-0.2, 0) is 10.0 Å². The number of methoxy groups -OCH3 is 1. The van der Waals surface area contributed by atoms with Gasteiger partial charge in [0.05, 0.1) is 29.4 Å². The van der Waals surface area contributed by atoms with E-state index >= 15 is 0 Å². The van der Waals surface area contributed by atoms with Crippen LogP contribution in [0.2, 0.25) is 5.15 Å². The summed E-state index contributed by atoms with van der Waals surface area (Å²) in [6.07, 6.45) is 5.07. The van der Waals surface area contributed by atoms with E-state index in [0.717, 1.165) is 36.9 Å². The largest absolute Gasteiger partial charge is 0.495 e. The molecule has 2 aromatic heterocycles. The maximum atomic E-state index is 13.5. The average Bonchev–Trinajstić information content (AvgIpc) is 3.06. The Bertz CT molecular complexity index is 1180. The van der Waals surface area contributed by atoms with Crippen LogP contribution in [0.4, 0.5) is 5.69 Å². The summed E-state index contributed by atoms with van der Waals surface area (Å²) in [5.41, 5.74) is 2.00. The van der Waals surface area contributed by atoms with Gasteiger partial charge in [0, 0.05) is 17.6 Å². The van der Waals surface area contributed by atoms with E-state index < -0.39 is 10.0 Å². The van der Waals surface area contributed by atoms with E-state index in [4.69, 9.17) is 16.3 Å². The minimum absolute atomic E-state index is 0.186. The fraction of sp³-hybridized carbons (Fsp3) is 0.381. The Kier molecular flexibility index (Phi) is 5.65. The van der Waals surface area contributed by atoms with Gasteiger partial charge in [0.1, 0.15) is 10.9 Å². The number of ether oxygens (including phenoxy) is 1. The molecule has 1 aromatic carbocycles. The van der Waals surface area contributed by atoms with Crippen LogP contribution in [-0.4, -0.2) is 55.6 Å². The van der Waals surface area contributed by atoms with Crippen LogP contribution >= 0.6 is 11.6 Å². The van der Waals surface area contributed by atoms with E-state index in [1.54, 1.807) is 37.6 Å². The average molecular weight is 449 g/mol. The van der Waals surface area contributed by atoms with Gasteiger partial charge in [-0.1, -0.05) is 11.6 Å². The number of pyridine rings is 1. The Morgan fingerprint density at radius 3 is 2.67 bits per heavy atom. The molecule has 7 nitrogen and oxygen atoms in total. The van der Waals surface area contributed by atoms with Crippen molar-refractivity contribution >= 4 is 38.2 Å². The number of fused-ring (bicyclic) bond motifs is 1. The molecule has 1 N–H and O–H groups in total.